The Labute approximate surface area is 197 Å². The average Bonchev–Trinajstić information content (AvgIpc) is 2.72. The summed E-state index contributed by atoms with van der Waals surface area (Å²) in [5.74, 6) is -1.27. The van der Waals surface area contributed by atoms with Crippen molar-refractivity contribution in [1.82, 2.24) is 13.1 Å². The molecular weight excluding hydrogens is 519 g/mol. The first-order valence-corrected chi connectivity index (χ1v) is 17.2. The summed E-state index contributed by atoms with van der Waals surface area (Å²) in [6.45, 7) is 10.2. The van der Waals surface area contributed by atoms with E-state index in [1.807, 2.05) is 20.8 Å². The van der Waals surface area contributed by atoms with Crippen LogP contribution in [0.15, 0.2) is 18.2 Å². The van der Waals surface area contributed by atoms with Gasteiger partial charge >= 0.3 is 198 Å². The molecule has 2 fully saturated rings. The Bertz CT molecular complexity index is 805. The number of nitrogens with one attached hydrogen (secondary N) is 1. The van der Waals surface area contributed by atoms with E-state index in [1.54, 1.807) is 11.8 Å². The van der Waals surface area contributed by atoms with Crippen LogP contribution in [0.5, 0.6) is 0 Å². The summed E-state index contributed by atoms with van der Waals surface area (Å²) in [6.07, 6.45) is 2.79. The monoisotopic (exact) mass is 553 g/mol. The number of hydrogen-bond donors (Lipinski definition) is 1. The quantitative estimate of drug-likeness (QED) is 0.607. The van der Waals surface area contributed by atoms with Crippen molar-refractivity contribution in [2.75, 3.05) is 26.2 Å². The van der Waals surface area contributed by atoms with Gasteiger partial charge in [-0.2, -0.15) is 0 Å². The first-order valence-electron chi connectivity index (χ1n) is 11.5. The van der Waals surface area contributed by atoms with E-state index < -0.39 is 45.0 Å². The second kappa shape index (κ2) is 10.7. The number of benzene rings is 1. The molecule has 6 nitrogen and oxygen atoms in total. The van der Waals surface area contributed by atoms with Crippen molar-refractivity contribution in [3.8, 4) is 0 Å². The van der Waals surface area contributed by atoms with E-state index in [2.05, 4.69) is 8.20 Å². The second-order valence-corrected chi connectivity index (χ2v) is 19.2. The van der Waals surface area contributed by atoms with Gasteiger partial charge in [0.15, 0.2) is 0 Å². The molecular formula is C23H34F2InN3O3. The molecule has 2 unspecified atom stereocenters. The van der Waals surface area contributed by atoms with Crippen LogP contribution < -0.4 is 5.32 Å². The van der Waals surface area contributed by atoms with Crippen LogP contribution in [0.3, 0.4) is 0 Å². The van der Waals surface area contributed by atoms with Crippen molar-refractivity contribution in [3.05, 3.63) is 35.4 Å². The van der Waals surface area contributed by atoms with Gasteiger partial charge in [-0.3, -0.25) is 0 Å². The Morgan fingerprint density at radius 3 is 2.31 bits per heavy atom. The fourth-order valence-corrected chi connectivity index (χ4v) is 15.9. The number of halogens is 2. The number of amides is 2. The van der Waals surface area contributed by atoms with E-state index in [9.17, 15) is 18.4 Å². The third-order valence-electron chi connectivity index (χ3n) is 6.24. The van der Waals surface area contributed by atoms with Gasteiger partial charge in [-0.15, -0.1) is 0 Å². The molecule has 1 aromatic carbocycles. The first-order chi connectivity index (χ1) is 15.0. The fraction of sp³-hybridized carbons (Fsp3) is 0.652. The van der Waals surface area contributed by atoms with Crippen molar-refractivity contribution >= 4 is 33.7 Å². The predicted octanol–water partition coefficient (Wildman–Crippen LogP) is 4.24. The fourth-order valence-electron chi connectivity index (χ4n) is 4.65. The topological polar surface area (TPSA) is 61.9 Å². The summed E-state index contributed by atoms with van der Waals surface area (Å²) in [5.41, 5.74) is -0.0780. The molecule has 0 radical (unpaired) electrons. The molecule has 9 heteroatoms. The van der Waals surface area contributed by atoms with Crippen molar-refractivity contribution in [2.45, 2.75) is 66.5 Å². The standard InChI is InChI=1S/C14H17F2NO.C9H17N2O2.In/c1-3-4-5-6-14(18)17-10(2)11-7-12(15)9-13(16)8-11;1-9(2,3)13-8(12)11-6-4-10-5-7-11;/h6-10H,1,3-5H2,2H3,(H,17,18);4-7H2,1-3H3;/q;-1;+1. The number of hydrogen-bond acceptors (Lipinski definition) is 4. The zero-order valence-electron chi connectivity index (χ0n) is 19.5. The third-order valence-corrected chi connectivity index (χ3v) is 17.7. The molecule has 2 atom stereocenters. The van der Waals surface area contributed by atoms with Gasteiger partial charge in [-0.25, -0.2) is 0 Å². The molecule has 32 heavy (non-hydrogen) atoms. The second-order valence-electron chi connectivity index (χ2n) is 9.89. The van der Waals surface area contributed by atoms with E-state index in [-0.39, 0.29) is 15.7 Å². The number of carbonyl (C=O) groups excluding carboxylic acids is 2. The Morgan fingerprint density at radius 2 is 1.72 bits per heavy atom. The molecule has 176 valence electrons. The van der Waals surface area contributed by atoms with E-state index in [1.165, 1.54) is 12.1 Å². The van der Waals surface area contributed by atoms with Crippen LogP contribution in [0.4, 0.5) is 13.6 Å². The Balaban J connectivity index is 1.60. The number of ether oxygens (including phenoxy) is 1. The van der Waals surface area contributed by atoms with Crippen LogP contribution in [-0.4, -0.2) is 73.3 Å². The number of carbonyl (C=O) groups is 2. The van der Waals surface area contributed by atoms with Crippen LogP contribution in [0.1, 0.15) is 58.6 Å². The molecule has 2 saturated heterocycles. The van der Waals surface area contributed by atoms with Crippen LogP contribution >= 0.6 is 0 Å². The first kappa shape index (κ1) is 25.3. The van der Waals surface area contributed by atoms with Gasteiger partial charge < -0.3 is 0 Å². The van der Waals surface area contributed by atoms with Crippen molar-refractivity contribution < 1.29 is 23.1 Å². The van der Waals surface area contributed by atoms with Gasteiger partial charge in [0.25, 0.3) is 0 Å². The van der Waals surface area contributed by atoms with Gasteiger partial charge in [0.05, 0.1) is 0 Å². The van der Waals surface area contributed by atoms with E-state index in [0.29, 0.717) is 18.7 Å². The molecule has 0 spiro atoms. The maximum absolute atomic E-state index is 13.6. The molecule has 2 aliphatic heterocycles. The molecule has 3 rings (SSSR count). The normalized spacial score (nSPS) is 21.2. The third kappa shape index (κ3) is 6.83. The molecule has 0 bridgehead atoms. The SMILES string of the molecule is CC(NC(=O)[CH]1CCC[CH2][In]1[N]1CCN(C(=O)OC(C)(C)C)CC1)c1cc(F)cc(F)c1. The zero-order chi connectivity index (χ0) is 23.5. The van der Waals surface area contributed by atoms with Gasteiger partial charge in [0, 0.05) is 0 Å². The van der Waals surface area contributed by atoms with Crippen molar-refractivity contribution in [3.63, 3.8) is 0 Å². The molecule has 2 aliphatic rings. The summed E-state index contributed by atoms with van der Waals surface area (Å²) in [6, 6.07) is 2.92. The van der Waals surface area contributed by atoms with Gasteiger partial charge in [0.2, 0.25) is 0 Å². The van der Waals surface area contributed by atoms with E-state index >= 15 is 0 Å². The molecule has 1 aromatic rings. The average molecular weight is 553 g/mol. The van der Waals surface area contributed by atoms with Crippen LogP contribution in [0.25, 0.3) is 0 Å². The predicted molar refractivity (Wildman–Crippen MR) is 120 cm³/mol. The summed E-state index contributed by atoms with van der Waals surface area (Å²) in [7, 11) is 0. The van der Waals surface area contributed by atoms with E-state index in [0.717, 1.165) is 42.6 Å². The molecule has 0 aromatic heterocycles. The van der Waals surface area contributed by atoms with Gasteiger partial charge in [-0.1, -0.05) is 0 Å². The van der Waals surface area contributed by atoms with E-state index in [4.69, 9.17) is 4.74 Å². The molecule has 1 N–H and O–H groups in total. The Hall–Kier alpha value is -1.35. The molecule has 0 saturated carbocycles. The minimum atomic E-state index is -2.41. The Kier molecular flexibility index (Phi) is 8.47. The Morgan fingerprint density at radius 1 is 1.09 bits per heavy atom. The summed E-state index contributed by atoms with van der Waals surface area (Å²) in [4.78, 5) is 27.3. The number of piperazine rings is 1. The van der Waals surface area contributed by atoms with Crippen LogP contribution in [-0.2, 0) is 9.53 Å². The summed E-state index contributed by atoms with van der Waals surface area (Å²) < 4.78 is 36.3. The summed E-state index contributed by atoms with van der Waals surface area (Å²) in [5, 5.41) is 3.01. The summed E-state index contributed by atoms with van der Waals surface area (Å²) >= 11 is -2.41. The number of rotatable bonds is 4. The zero-order valence-corrected chi connectivity index (χ0v) is 22.8. The van der Waals surface area contributed by atoms with Crippen molar-refractivity contribution in [2.24, 2.45) is 0 Å². The van der Waals surface area contributed by atoms with Gasteiger partial charge in [0.1, 0.15) is 0 Å². The van der Waals surface area contributed by atoms with Crippen molar-refractivity contribution in [1.29, 1.82) is 0 Å². The van der Waals surface area contributed by atoms with Crippen LogP contribution in [0, 0.1) is 11.6 Å². The molecule has 0 aliphatic carbocycles. The van der Waals surface area contributed by atoms with Gasteiger partial charge in [-0.05, 0) is 0 Å². The minimum absolute atomic E-state index is 0.0113. The molecule has 2 heterocycles. The number of nitrogens with zero attached hydrogens (tertiary/aromatic N) is 2. The van der Waals surface area contributed by atoms with Crippen LogP contribution in [0.2, 0.25) is 7.85 Å². The maximum atomic E-state index is 13.6. The molecule has 2 amide bonds.